The van der Waals surface area contributed by atoms with Crippen molar-refractivity contribution >= 4 is 11.3 Å². The van der Waals surface area contributed by atoms with Crippen LogP contribution in [0.1, 0.15) is 28.3 Å². The first-order valence-electron chi connectivity index (χ1n) is 5.14. The highest BCUT2D eigenvalue weighted by Crippen LogP contribution is 2.42. The maximum absolute atomic E-state index is 3.53. The second kappa shape index (κ2) is 2.82. The van der Waals surface area contributed by atoms with Gasteiger partial charge in [0, 0.05) is 17.3 Å². The monoisotopic (exact) mass is 193 g/mol. The Morgan fingerprint density at radius 1 is 1.46 bits per heavy atom. The molecule has 1 N–H and O–H groups in total. The largest absolute Gasteiger partial charge is 0.316 e. The van der Waals surface area contributed by atoms with E-state index in [0.717, 1.165) is 11.8 Å². The molecule has 0 radical (unpaired) electrons. The molecule has 0 bridgehead atoms. The van der Waals surface area contributed by atoms with Gasteiger partial charge in [-0.25, -0.2) is 0 Å². The van der Waals surface area contributed by atoms with Gasteiger partial charge in [-0.1, -0.05) is 0 Å². The van der Waals surface area contributed by atoms with E-state index in [1.165, 1.54) is 25.9 Å². The average molecular weight is 193 g/mol. The summed E-state index contributed by atoms with van der Waals surface area (Å²) < 4.78 is 0. The van der Waals surface area contributed by atoms with Gasteiger partial charge >= 0.3 is 0 Å². The van der Waals surface area contributed by atoms with Crippen molar-refractivity contribution in [3.63, 3.8) is 0 Å². The van der Waals surface area contributed by atoms with E-state index < -0.39 is 0 Å². The van der Waals surface area contributed by atoms with Gasteiger partial charge in [0.15, 0.2) is 0 Å². The maximum atomic E-state index is 3.53. The van der Waals surface area contributed by atoms with E-state index in [2.05, 4.69) is 17.6 Å². The van der Waals surface area contributed by atoms with Crippen molar-refractivity contribution < 1.29 is 0 Å². The Morgan fingerprint density at radius 3 is 3.31 bits per heavy atom. The molecule has 1 aliphatic carbocycles. The van der Waals surface area contributed by atoms with E-state index in [1.807, 2.05) is 11.3 Å². The molecule has 3 rings (SSSR count). The van der Waals surface area contributed by atoms with Crippen LogP contribution in [0.15, 0.2) is 5.38 Å². The van der Waals surface area contributed by atoms with E-state index in [4.69, 9.17) is 0 Å². The zero-order valence-electron chi connectivity index (χ0n) is 7.97. The van der Waals surface area contributed by atoms with Crippen LogP contribution in [0.25, 0.3) is 0 Å². The van der Waals surface area contributed by atoms with Gasteiger partial charge in [-0.05, 0) is 48.7 Å². The number of rotatable bonds is 0. The molecule has 13 heavy (non-hydrogen) atoms. The van der Waals surface area contributed by atoms with Gasteiger partial charge in [0.2, 0.25) is 0 Å². The van der Waals surface area contributed by atoms with Crippen LogP contribution in [0.3, 0.4) is 0 Å². The Bertz CT molecular complexity index is 329. The predicted octanol–water partition coefficient (Wildman–Crippen LogP) is 2.31. The Balaban J connectivity index is 2.09. The van der Waals surface area contributed by atoms with Gasteiger partial charge in [0.1, 0.15) is 0 Å². The van der Waals surface area contributed by atoms with Crippen molar-refractivity contribution in [2.24, 2.45) is 5.92 Å². The number of hydrogen-bond donors (Lipinski definition) is 1. The molecule has 2 unspecified atom stereocenters. The molecule has 1 aromatic rings. The summed E-state index contributed by atoms with van der Waals surface area (Å²) in [5, 5.41) is 5.87. The Kier molecular flexibility index (Phi) is 1.74. The van der Waals surface area contributed by atoms with Crippen molar-refractivity contribution in [2.75, 3.05) is 13.1 Å². The molecule has 2 heterocycles. The molecule has 0 amide bonds. The third kappa shape index (κ3) is 1.09. The van der Waals surface area contributed by atoms with E-state index in [1.54, 1.807) is 16.0 Å². The summed E-state index contributed by atoms with van der Waals surface area (Å²) in [6.45, 7) is 4.74. The Morgan fingerprint density at radius 2 is 2.38 bits per heavy atom. The fourth-order valence-corrected chi connectivity index (χ4v) is 4.01. The molecular formula is C11H15NS. The number of hydrogen-bond acceptors (Lipinski definition) is 2. The summed E-state index contributed by atoms with van der Waals surface area (Å²) in [6.07, 6.45) is 2.74. The molecule has 1 aliphatic heterocycles. The molecule has 1 fully saturated rings. The quantitative estimate of drug-likeness (QED) is 0.666. The van der Waals surface area contributed by atoms with Crippen molar-refractivity contribution in [1.29, 1.82) is 0 Å². The first-order chi connectivity index (χ1) is 6.36. The van der Waals surface area contributed by atoms with E-state index >= 15 is 0 Å². The van der Waals surface area contributed by atoms with Crippen LogP contribution in [0.5, 0.6) is 0 Å². The molecule has 0 aromatic carbocycles. The maximum Gasteiger partial charge on any atom is 0.00834 e. The molecule has 1 nitrogen and oxygen atoms in total. The lowest BCUT2D eigenvalue weighted by Gasteiger charge is -2.25. The second-order valence-electron chi connectivity index (χ2n) is 4.32. The number of nitrogens with one attached hydrogen (secondary N) is 1. The van der Waals surface area contributed by atoms with Crippen LogP contribution in [0, 0.1) is 12.8 Å². The smallest absolute Gasteiger partial charge is 0.00834 e. The third-order valence-electron chi connectivity index (χ3n) is 3.56. The van der Waals surface area contributed by atoms with Crippen LogP contribution in [-0.4, -0.2) is 13.1 Å². The standard InChI is InChI=1S/C11H15NS/c1-7-6-13-10-3-2-8-4-12-5-9(8)11(7)10/h6,8-9,12H,2-5H2,1H3. The third-order valence-corrected chi connectivity index (χ3v) is 4.74. The van der Waals surface area contributed by atoms with Crippen molar-refractivity contribution in [3.05, 3.63) is 21.4 Å². The summed E-state index contributed by atoms with van der Waals surface area (Å²) in [6, 6.07) is 0. The zero-order valence-corrected chi connectivity index (χ0v) is 8.79. The SMILES string of the molecule is Cc1csc2c1C1CNCC1CC2. The molecule has 1 saturated heterocycles. The van der Waals surface area contributed by atoms with E-state index in [0.29, 0.717) is 0 Å². The zero-order chi connectivity index (χ0) is 8.84. The number of thiophene rings is 1. The topological polar surface area (TPSA) is 12.0 Å². The first-order valence-corrected chi connectivity index (χ1v) is 6.02. The Hall–Kier alpha value is -0.340. The normalized spacial score (nSPS) is 31.5. The molecular weight excluding hydrogens is 178 g/mol. The highest BCUT2D eigenvalue weighted by molar-refractivity contribution is 7.10. The predicted molar refractivity (Wildman–Crippen MR) is 56.5 cm³/mol. The fraction of sp³-hybridized carbons (Fsp3) is 0.636. The highest BCUT2D eigenvalue weighted by atomic mass is 32.1. The molecule has 2 heteroatoms. The minimum Gasteiger partial charge on any atom is -0.316 e. The number of aryl methyl sites for hydroxylation is 2. The van der Waals surface area contributed by atoms with Crippen molar-refractivity contribution in [2.45, 2.75) is 25.7 Å². The lowest BCUT2D eigenvalue weighted by atomic mass is 9.79. The summed E-state index contributed by atoms with van der Waals surface area (Å²) >= 11 is 1.97. The van der Waals surface area contributed by atoms with Crippen LogP contribution < -0.4 is 5.32 Å². The lowest BCUT2D eigenvalue weighted by Crippen LogP contribution is -2.17. The fourth-order valence-electron chi connectivity index (χ4n) is 2.89. The second-order valence-corrected chi connectivity index (χ2v) is 5.28. The Labute approximate surface area is 83.2 Å². The van der Waals surface area contributed by atoms with Crippen LogP contribution in [-0.2, 0) is 6.42 Å². The molecule has 70 valence electrons. The first kappa shape index (κ1) is 8.01. The molecule has 0 saturated carbocycles. The van der Waals surface area contributed by atoms with Crippen LogP contribution in [0.4, 0.5) is 0 Å². The minimum absolute atomic E-state index is 0.843. The number of fused-ring (bicyclic) bond motifs is 3. The molecule has 2 atom stereocenters. The van der Waals surface area contributed by atoms with E-state index in [-0.39, 0.29) is 0 Å². The van der Waals surface area contributed by atoms with Gasteiger partial charge in [-0.2, -0.15) is 0 Å². The molecule has 2 aliphatic rings. The van der Waals surface area contributed by atoms with Crippen LogP contribution in [0.2, 0.25) is 0 Å². The highest BCUT2D eigenvalue weighted by Gasteiger charge is 2.34. The van der Waals surface area contributed by atoms with Gasteiger partial charge in [0.25, 0.3) is 0 Å². The summed E-state index contributed by atoms with van der Waals surface area (Å²) in [7, 11) is 0. The average Bonchev–Trinajstić information content (AvgIpc) is 2.70. The minimum atomic E-state index is 0.843. The van der Waals surface area contributed by atoms with Crippen molar-refractivity contribution in [1.82, 2.24) is 5.32 Å². The summed E-state index contributed by atoms with van der Waals surface area (Å²) in [5.41, 5.74) is 3.24. The van der Waals surface area contributed by atoms with Gasteiger partial charge in [-0.15, -0.1) is 11.3 Å². The van der Waals surface area contributed by atoms with Gasteiger partial charge < -0.3 is 5.32 Å². The van der Waals surface area contributed by atoms with Gasteiger partial charge in [-0.3, -0.25) is 0 Å². The summed E-state index contributed by atoms with van der Waals surface area (Å²) in [4.78, 5) is 1.67. The lowest BCUT2D eigenvalue weighted by molar-refractivity contribution is 0.455. The molecule has 0 spiro atoms. The van der Waals surface area contributed by atoms with Crippen molar-refractivity contribution in [3.8, 4) is 0 Å². The van der Waals surface area contributed by atoms with Crippen LogP contribution >= 0.6 is 11.3 Å². The van der Waals surface area contributed by atoms with Gasteiger partial charge in [0.05, 0.1) is 0 Å². The molecule has 1 aromatic heterocycles. The summed E-state index contributed by atoms with van der Waals surface area (Å²) in [5.74, 6) is 1.77. The van der Waals surface area contributed by atoms with E-state index in [9.17, 15) is 0 Å².